The predicted octanol–water partition coefficient (Wildman–Crippen LogP) is 17.9. The molecule has 3 N–H and O–H groups in total. The van der Waals surface area contributed by atoms with Gasteiger partial charge < -0.3 is 52.9 Å². The average Bonchev–Trinajstić information content (AvgIpc) is 1.73. The highest BCUT2D eigenvalue weighted by atomic mass is 32.1. The number of benzene rings is 5. The number of nitrogens with zero attached hydrogens (tertiary/aromatic N) is 10. The second-order valence-corrected chi connectivity index (χ2v) is 42.5. The lowest BCUT2D eigenvalue weighted by atomic mass is 9.86. The van der Waals surface area contributed by atoms with Crippen LogP contribution in [0.5, 0.6) is 34.5 Å². The Labute approximate surface area is 743 Å². The van der Waals surface area contributed by atoms with Crippen LogP contribution in [-0.2, 0) is 128 Å². The van der Waals surface area contributed by atoms with Gasteiger partial charge in [0.2, 0.25) is 0 Å². The molecule has 19 nitrogen and oxygen atoms in total. The summed E-state index contributed by atoms with van der Waals surface area (Å²) in [6, 6.07) is 37.2. The second kappa shape index (κ2) is 35.7. The number of hydrogen-bond donors (Lipinski definition) is 3. The molecule has 123 heavy (non-hydrogen) atoms. The number of rotatable bonds is 11. The summed E-state index contributed by atoms with van der Waals surface area (Å²) in [5, 5.41) is 34.3. The zero-order chi connectivity index (χ0) is 83.8. The summed E-state index contributed by atoms with van der Waals surface area (Å²) in [6.45, 7) is 27.0. The molecule has 0 spiro atoms. The molecule has 0 unspecified atom stereocenters. The number of oxazole rings is 1. The number of phenolic OH excluding ortho intramolecular Hbond substituents is 3. The maximum Gasteiger partial charge on any atom is 0.181 e. The molecule has 12 aromatic rings. The van der Waals surface area contributed by atoms with Crippen molar-refractivity contribution in [3.63, 3.8) is 0 Å². The van der Waals surface area contributed by atoms with Crippen molar-refractivity contribution in [1.82, 2.24) is 49.1 Å². The lowest BCUT2D eigenvalue weighted by Gasteiger charge is -2.40. The first-order valence-corrected chi connectivity index (χ1v) is 48.6. The van der Waals surface area contributed by atoms with E-state index in [1.807, 2.05) is 99.3 Å². The summed E-state index contributed by atoms with van der Waals surface area (Å²) < 4.78 is 32.5. The third-order valence-electron chi connectivity index (χ3n) is 27.9. The van der Waals surface area contributed by atoms with Crippen LogP contribution in [0.3, 0.4) is 0 Å². The molecule has 12 aliphatic heterocycles. The molecular weight excluding hydrogens is 1630 g/mol. The van der Waals surface area contributed by atoms with Crippen molar-refractivity contribution in [2.24, 2.45) is 5.92 Å². The highest BCUT2D eigenvalue weighted by Crippen LogP contribution is 2.50. The third kappa shape index (κ3) is 17.4. The van der Waals surface area contributed by atoms with E-state index in [9.17, 15) is 15.3 Å². The van der Waals surface area contributed by atoms with Crippen molar-refractivity contribution >= 4 is 78.8 Å². The van der Waals surface area contributed by atoms with E-state index in [-0.39, 0.29) is 17.2 Å². The van der Waals surface area contributed by atoms with Crippen molar-refractivity contribution in [2.45, 2.75) is 167 Å². The number of likely N-dealkylation sites (N-methyl/N-ethyl adjacent to an activating group) is 1. The summed E-state index contributed by atoms with van der Waals surface area (Å²) in [7, 11) is 11.3. The van der Waals surface area contributed by atoms with Gasteiger partial charge in [0.25, 0.3) is 0 Å². The summed E-state index contributed by atoms with van der Waals surface area (Å²) >= 11 is 9.89. The fourth-order valence-corrected chi connectivity index (χ4v) is 27.7. The molecular formula is C99H116N10O9S5. The van der Waals surface area contributed by atoms with E-state index in [0.29, 0.717) is 47.5 Å². The van der Waals surface area contributed by atoms with Crippen LogP contribution in [0.25, 0.3) is 22.1 Å². The maximum absolute atomic E-state index is 10.3. The van der Waals surface area contributed by atoms with Crippen molar-refractivity contribution in [3.05, 3.63) is 242 Å². The number of methoxy groups -OCH3 is 3. The lowest BCUT2D eigenvalue weighted by molar-refractivity contribution is 0.0346. The maximum atomic E-state index is 10.3. The number of phenols is 3. The van der Waals surface area contributed by atoms with Gasteiger partial charge in [-0.1, -0.05) is 13.8 Å². The number of thiophene rings is 5. The van der Waals surface area contributed by atoms with E-state index in [1.165, 1.54) is 159 Å². The number of piperazine rings is 1. The second-order valence-electron chi connectivity index (χ2n) is 36.6. The van der Waals surface area contributed by atoms with Gasteiger partial charge in [-0.15, -0.1) is 56.7 Å². The Hall–Kier alpha value is -7.99. The molecule has 0 aliphatic carbocycles. The Morgan fingerprint density at radius 1 is 0.431 bits per heavy atom. The number of aromatic nitrogens is 1. The standard InChI is InChI=1S/C22H29N3O2S.C21H26N2O3S.C21H23NOS.C19H24N2O2S.C16H14N2OS/c1-23-5-7-24(8-6-23)14-17-9-16-13-25-4-3-15-10-21(27-2)20(26)11-18(15)19(25)12-22(16)28-17;1-25-20-9-14-2-3-23-12-15-8-16(13-22-4-6-26-7-5-22)27-21(15)11-18(23)17(14)10-19(20)24;1-13(2)7-17-9-16-12-22-5-3-14-8-15-4-6-23-20(15)10-18(14)19(22)11-21(16)24-17;1-20(2)11-14-6-13-10-21-5-4-12-7-18(23-3)17(22)8-15(12)16(21)9-19(13)24-14;1-3-18-8-11-7-15-13(17-9-19-15)5-10(11)6-14(18)12-2-4-20-16(1)12/h9-11,19,26H,3-8,12-14H2,1-2H3;8-10,18,24H,2-7,11-13H2,1H3;4,6,8-10,13,19H,3,5,7,11-12H2,1-2H3;6-8,16,22H,4-5,9-11H2,1-3H3;2,4-5,7,9,14H,1,3,6,8H2/t19-;18-;19-;16-;14-/m00000/s1. The van der Waals surface area contributed by atoms with Crippen LogP contribution in [-0.4, -0.2) is 192 Å². The van der Waals surface area contributed by atoms with Gasteiger partial charge in [0.05, 0.1) is 40.8 Å². The Bertz CT molecular complexity index is 5820. The molecule has 0 saturated carbocycles. The van der Waals surface area contributed by atoms with Crippen LogP contribution in [0, 0.1) is 5.92 Å². The van der Waals surface area contributed by atoms with Gasteiger partial charge in [0.15, 0.2) is 46.5 Å². The molecule has 0 amide bonds. The topological polar surface area (TPSA) is 166 Å². The summed E-state index contributed by atoms with van der Waals surface area (Å²) in [5.74, 6) is 3.27. The molecule has 2 fully saturated rings. The molecule has 0 bridgehead atoms. The van der Waals surface area contributed by atoms with Crippen LogP contribution in [0.1, 0.15) is 171 Å². The van der Waals surface area contributed by atoms with E-state index in [4.69, 9.17) is 27.8 Å². The van der Waals surface area contributed by atoms with Crippen molar-refractivity contribution < 1.29 is 43.1 Å². The van der Waals surface area contributed by atoms with E-state index < -0.39 is 0 Å². The SMILES string of the molecule is CC(C)Cc1cc2c(s1)C[C@H]1c3cc4occc4cc3CCN1C2.COc1cc2c(cc1O)[C@@H]1Cc3sc(CN(C)C)cc3CN1CC2.COc1cc2c(cc1O)[C@@H]1Cc3sc(CN4CCN(C)CC4)cc3CN1CC2.COc1cc2c(cc1O)[C@@H]1Cc3sc(CN4CCOCC4)cc3CN1CC2.c1nc2cc3c(cc2o1)CN1CCc2sccc2[C@@H]1C3. The first-order valence-electron chi connectivity index (χ1n) is 44.5. The predicted molar refractivity (Wildman–Crippen MR) is 493 cm³/mol. The molecule has 646 valence electrons. The van der Waals surface area contributed by atoms with Crippen LogP contribution >= 0.6 is 56.7 Å². The highest BCUT2D eigenvalue weighted by molar-refractivity contribution is 7.13. The number of hydrogen-bond acceptors (Lipinski definition) is 24. The first-order chi connectivity index (χ1) is 59.9. The molecule has 19 heterocycles. The largest absolute Gasteiger partial charge is 0.504 e. The minimum Gasteiger partial charge on any atom is -0.504 e. The molecule has 12 aliphatic rings. The molecule has 24 rings (SSSR count). The molecule has 24 heteroatoms. The van der Waals surface area contributed by atoms with E-state index >= 15 is 0 Å². The zero-order valence-corrected chi connectivity index (χ0v) is 76.4. The summed E-state index contributed by atoms with van der Waals surface area (Å²) in [5.41, 5.74) is 24.2. The highest BCUT2D eigenvalue weighted by Gasteiger charge is 2.41. The van der Waals surface area contributed by atoms with Gasteiger partial charge in [0, 0.05) is 230 Å². The van der Waals surface area contributed by atoms with Crippen LogP contribution in [0.2, 0.25) is 0 Å². The van der Waals surface area contributed by atoms with Gasteiger partial charge in [-0.25, -0.2) is 4.98 Å². The fraction of sp³-hybridized carbons (Fsp3) is 0.465. The minimum absolute atomic E-state index is 0.253. The van der Waals surface area contributed by atoms with Crippen LogP contribution < -0.4 is 14.2 Å². The van der Waals surface area contributed by atoms with Crippen LogP contribution in [0.15, 0.2) is 124 Å². The Morgan fingerprint density at radius 2 is 0.878 bits per heavy atom. The minimum atomic E-state index is 0.253. The van der Waals surface area contributed by atoms with Gasteiger partial charge in [-0.2, -0.15) is 0 Å². The van der Waals surface area contributed by atoms with Gasteiger partial charge in [-0.05, 0) is 258 Å². The molecule has 5 aromatic carbocycles. The molecule has 2 saturated heterocycles. The van der Waals surface area contributed by atoms with E-state index in [0.717, 1.165) is 179 Å². The first kappa shape index (κ1) is 83.2. The number of ether oxygens (including phenoxy) is 4. The van der Waals surface area contributed by atoms with E-state index in [2.05, 4.69) is 150 Å². The summed E-state index contributed by atoms with van der Waals surface area (Å²) in [6.07, 6.45) is 15.4. The number of morpholine rings is 1. The van der Waals surface area contributed by atoms with Crippen molar-refractivity contribution in [1.29, 1.82) is 0 Å². The van der Waals surface area contributed by atoms with Gasteiger partial charge >= 0.3 is 0 Å². The Kier molecular flexibility index (Phi) is 24.1. The number of fused-ring (bicyclic) bond motifs is 22. The van der Waals surface area contributed by atoms with Crippen molar-refractivity contribution in [2.75, 3.05) is 128 Å². The summed E-state index contributed by atoms with van der Waals surface area (Å²) in [4.78, 5) is 40.8. The lowest BCUT2D eigenvalue weighted by Crippen LogP contribution is -2.43. The quantitative estimate of drug-likeness (QED) is 0.112. The number of aromatic hydroxyl groups is 3. The molecule has 0 radical (unpaired) electrons. The normalized spacial score (nSPS) is 21.6. The monoisotopic (exact) mass is 1750 g/mol. The molecule has 7 aromatic heterocycles. The molecule has 5 atom stereocenters. The third-order valence-corrected chi connectivity index (χ3v) is 33.7. The van der Waals surface area contributed by atoms with E-state index in [1.54, 1.807) is 53.5 Å². The van der Waals surface area contributed by atoms with Gasteiger partial charge in [-0.3, -0.25) is 34.3 Å². The Morgan fingerprint density at radius 3 is 1.38 bits per heavy atom. The zero-order valence-electron chi connectivity index (χ0n) is 72.4. The fourth-order valence-electron chi connectivity index (χ4n) is 21.5. The Balaban J connectivity index is 0.0000000979. The number of furan rings is 1. The smallest absolute Gasteiger partial charge is 0.181 e. The van der Waals surface area contributed by atoms with Crippen molar-refractivity contribution in [3.8, 4) is 34.5 Å². The van der Waals surface area contributed by atoms with Crippen LogP contribution in [0.4, 0.5) is 0 Å². The average molecular weight is 1750 g/mol. The van der Waals surface area contributed by atoms with Gasteiger partial charge in [0.1, 0.15) is 11.1 Å².